The summed E-state index contributed by atoms with van der Waals surface area (Å²) in [6.07, 6.45) is 5.36. The average molecular weight is 300 g/mol. The number of hydrazone groups is 1. The first-order valence-electron chi connectivity index (χ1n) is 6.75. The number of rotatable bonds is 3. The lowest BCUT2D eigenvalue weighted by Crippen LogP contribution is -2.40. The predicted octanol–water partition coefficient (Wildman–Crippen LogP) is 1.25. The molecular weight excluding hydrogens is 284 g/mol. The van der Waals surface area contributed by atoms with Crippen LogP contribution < -0.4 is 10.2 Å². The lowest BCUT2D eigenvalue weighted by Gasteiger charge is -2.26. The Hall–Kier alpha value is -2.96. The zero-order valence-electron chi connectivity index (χ0n) is 12.3. The highest BCUT2D eigenvalue weighted by atomic mass is 16.5. The Morgan fingerprint density at radius 3 is 2.91 bits per heavy atom. The summed E-state index contributed by atoms with van der Waals surface area (Å²) >= 11 is 0. The van der Waals surface area contributed by atoms with Crippen molar-refractivity contribution >= 4 is 17.8 Å². The Bertz CT molecular complexity index is 709. The van der Waals surface area contributed by atoms with Crippen LogP contribution in [-0.2, 0) is 4.79 Å². The summed E-state index contributed by atoms with van der Waals surface area (Å²) in [5.41, 5.74) is 4.56. The maximum Gasteiger partial charge on any atom is 0.235 e. The first-order chi connectivity index (χ1) is 10.6. The van der Waals surface area contributed by atoms with E-state index in [9.17, 15) is 9.90 Å². The van der Waals surface area contributed by atoms with E-state index in [0.717, 1.165) is 17.0 Å². The molecule has 1 aromatic rings. The number of phenols is 1. The highest BCUT2D eigenvalue weighted by Crippen LogP contribution is 2.32. The summed E-state index contributed by atoms with van der Waals surface area (Å²) in [6.45, 7) is 1.99. The monoisotopic (exact) mass is 300 g/mol. The third-order valence-corrected chi connectivity index (χ3v) is 3.40. The van der Waals surface area contributed by atoms with Crippen LogP contribution in [0.5, 0.6) is 11.5 Å². The fourth-order valence-corrected chi connectivity index (χ4v) is 2.37. The van der Waals surface area contributed by atoms with Crippen molar-refractivity contribution in [3.8, 4) is 11.5 Å². The highest BCUT2D eigenvalue weighted by molar-refractivity contribution is 5.77. The van der Waals surface area contributed by atoms with E-state index in [-0.39, 0.29) is 11.7 Å². The number of methoxy groups -OCH3 is 1. The number of fused-ring (bicyclic) bond motifs is 1. The fraction of sp³-hybridized carbons (Fsp3) is 0.200. The van der Waals surface area contributed by atoms with Crippen LogP contribution in [0.25, 0.3) is 5.57 Å². The van der Waals surface area contributed by atoms with Gasteiger partial charge in [-0.2, -0.15) is 5.10 Å². The van der Waals surface area contributed by atoms with Gasteiger partial charge in [0.1, 0.15) is 12.2 Å². The molecule has 1 amide bonds. The first kappa shape index (κ1) is 14.0. The smallest absolute Gasteiger partial charge is 0.235 e. The van der Waals surface area contributed by atoms with Crippen LogP contribution in [0.1, 0.15) is 12.5 Å². The second-order valence-electron chi connectivity index (χ2n) is 4.93. The summed E-state index contributed by atoms with van der Waals surface area (Å²) < 4.78 is 5.05. The standard InChI is InChI=1S/C15H16N4O3/c1-10(20)17-19-9-16-18-8-12(4-6-15(18)19)11-3-5-14(22-2)13(21)7-11/h3-7,9,21H,8H2,1-2H3,(H,17,20). The van der Waals surface area contributed by atoms with Gasteiger partial charge in [0.2, 0.25) is 5.91 Å². The Morgan fingerprint density at radius 1 is 1.41 bits per heavy atom. The molecule has 0 atom stereocenters. The van der Waals surface area contributed by atoms with E-state index >= 15 is 0 Å². The van der Waals surface area contributed by atoms with Gasteiger partial charge in [0.15, 0.2) is 11.5 Å². The van der Waals surface area contributed by atoms with E-state index in [2.05, 4.69) is 10.5 Å². The van der Waals surface area contributed by atoms with Crippen LogP contribution in [0.4, 0.5) is 0 Å². The van der Waals surface area contributed by atoms with Gasteiger partial charge >= 0.3 is 0 Å². The van der Waals surface area contributed by atoms with Gasteiger partial charge in [0.25, 0.3) is 0 Å². The molecule has 2 heterocycles. The summed E-state index contributed by atoms with van der Waals surface area (Å²) in [5.74, 6) is 1.15. The highest BCUT2D eigenvalue weighted by Gasteiger charge is 2.25. The normalized spacial score (nSPS) is 16.1. The predicted molar refractivity (Wildman–Crippen MR) is 81.6 cm³/mol. The third-order valence-electron chi connectivity index (χ3n) is 3.40. The number of phenolic OH excluding ortho intramolecular Hbond substituents is 1. The number of ether oxygens (including phenoxy) is 1. The van der Waals surface area contributed by atoms with Gasteiger partial charge < -0.3 is 9.84 Å². The van der Waals surface area contributed by atoms with E-state index < -0.39 is 0 Å². The molecule has 0 spiro atoms. The topological polar surface area (TPSA) is 77.4 Å². The molecule has 0 unspecified atom stereocenters. The van der Waals surface area contributed by atoms with Crippen LogP contribution in [0, 0.1) is 0 Å². The lowest BCUT2D eigenvalue weighted by molar-refractivity contribution is -0.121. The second-order valence-corrected chi connectivity index (χ2v) is 4.93. The van der Waals surface area contributed by atoms with Gasteiger partial charge in [-0.1, -0.05) is 12.1 Å². The third kappa shape index (κ3) is 2.48. The minimum Gasteiger partial charge on any atom is -0.504 e. The van der Waals surface area contributed by atoms with E-state index in [1.54, 1.807) is 28.5 Å². The van der Waals surface area contributed by atoms with Crippen molar-refractivity contribution in [2.24, 2.45) is 5.10 Å². The Balaban J connectivity index is 1.85. The summed E-state index contributed by atoms with van der Waals surface area (Å²) in [4.78, 5) is 11.1. The molecule has 114 valence electrons. The van der Waals surface area contributed by atoms with Gasteiger partial charge in [0.05, 0.1) is 13.7 Å². The summed E-state index contributed by atoms with van der Waals surface area (Å²) in [7, 11) is 1.51. The van der Waals surface area contributed by atoms with Crippen LogP contribution in [0.3, 0.4) is 0 Å². The molecule has 3 rings (SSSR count). The molecule has 0 saturated carbocycles. The molecule has 0 fully saturated rings. The fourth-order valence-electron chi connectivity index (χ4n) is 2.37. The van der Waals surface area contributed by atoms with Gasteiger partial charge in [0, 0.05) is 6.92 Å². The number of hydrogen-bond donors (Lipinski definition) is 2. The quantitative estimate of drug-likeness (QED) is 0.878. The van der Waals surface area contributed by atoms with Crippen molar-refractivity contribution in [1.29, 1.82) is 0 Å². The van der Waals surface area contributed by atoms with Gasteiger partial charge in [-0.3, -0.25) is 10.2 Å². The minimum atomic E-state index is -0.163. The lowest BCUT2D eigenvalue weighted by atomic mass is 10.0. The minimum absolute atomic E-state index is 0.0977. The summed E-state index contributed by atoms with van der Waals surface area (Å²) in [5, 5.41) is 17.5. The number of aromatic hydroxyl groups is 1. The van der Waals surface area contributed by atoms with E-state index in [4.69, 9.17) is 4.74 Å². The number of carbonyl (C=O) groups excluding carboxylic acids is 1. The number of nitrogens with zero attached hydrogens (tertiary/aromatic N) is 3. The maximum atomic E-state index is 11.1. The Labute approximate surface area is 127 Å². The molecule has 0 radical (unpaired) electrons. The van der Waals surface area contributed by atoms with Gasteiger partial charge in [-0.15, -0.1) is 0 Å². The Kier molecular flexibility index (Phi) is 3.46. The molecule has 2 aliphatic heterocycles. The Morgan fingerprint density at radius 2 is 2.23 bits per heavy atom. The van der Waals surface area contributed by atoms with E-state index in [0.29, 0.717) is 12.3 Å². The number of amides is 1. The molecule has 2 N–H and O–H groups in total. The van der Waals surface area contributed by atoms with Crippen LogP contribution in [0.15, 0.2) is 41.3 Å². The molecule has 7 heteroatoms. The zero-order valence-corrected chi connectivity index (χ0v) is 12.3. The van der Waals surface area contributed by atoms with Crippen molar-refractivity contribution < 1.29 is 14.6 Å². The van der Waals surface area contributed by atoms with Gasteiger partial charge in [-0.05, 0) is 29.3 Å². The molecule has 0 saturated heterocycles. The van der Waals surface area contributed by atoms with Crippen molar-refractivity contribution in [2.45, 2.75) is 6.92 Å². The average Bonchev–Trinajstić information content (AvgIpc) is 2.89. The van der Waals surface area contributed by atoms with Crippen molar-refractivity contribution in [3.05, 3.63) is 41.7 Å². The van der Waals surface area contributed by atoms with Crippen molar-refractivity contribution in [1.82, 2.24) is 15.4 Å². The SMILES string of the molecule is COc1ccc(C2=CC=C3N(C2)N=CN3NC(C)=O)cc1O. The number of hydrazine groups is 1. The number of carbonyl (C=O) groups is 1. The number of allylic oxidation sites excluding steroid dienone is 2. The van der Waals surface area contributed by atoms with E-state index in [1.807, 2.05) is 18.2 Å². The molecule has 2 aliphatic rings. The van der Waals surface area contributed by atoms with Crippen molar-refractivity contribution in [3.63, 3.8) is 0 Å². The number of benzene rings is 1. The van der Waals surface area contributed by atoms with Crippen LogP contribution >= 0.6 is 0 Å². The van der Waals surface area contributed by atoms with Crippen LogP contribution in [-0.4, -0.2) is 41.0 Å². The van der Waals surface area contributed by atoms with Crippen molar-refractivity contribution in [2.75, 3.05) is 13.7 Å². The molecule has 7 nitrogen and oxygen atoms in total. The maximum absolute atomic E-state index is 11.1. The summed E-state index contributed by atoms with van der Waals surface area (Å²) in [6, 6.07) is 5.27. The molecular formula is C15H16N4O3. The molecule has 1 aromatic carbocycles. The van der Waals surface area contributed by atoms with E-state index in [1.165, 1.54) is 14.0 Å². The molecule has 0 aromatic heterocycles. The second kappa shape index (κ2) is 5.44. The van der Waals surface area contributed by atoms with Crippen LogP contribution in [0.2, 0.25) is 0 Å². The molecule has 0 aliphatic carbocycles. The molecule has 0 bridgehead atoms. The number of hydrogen-bond acceptors (Lipinski definition) is 6. The molecule has 22 heavy (non-hydrogen) atoms. The first-order valence-corrected chi connectivity index (χ1v) is 6.75. The van der Waals surface area contributed by atoms with Gasteiger partial charge in [-0.25, -0.2) is 10.0 Å². The largest absolute Gasteiger partial charge is 0.504 e. The zero-order chi connectivity index (χ0) is 15.7. The number of nitrogens with one attached hydrogen (secondary N) is 1.